The van der Waals surface area contributed by atoms with Crippen molar-refractivity contribution in [2.45, 2.75) is 18.9 Å². The predicted molar refractivity (Wildman–Crippen MR) is 109 cm³/mol. The van der Waals surface area contributed by atoms with Crippen LogP contribution in [0.1, 0.15) is 23.1 Å². The van der Waals surface area contributed by atoms with Gasteiger partial charge in [0.1, 0.15) is 5.75 Å². The molecule has 1 aliphatic heterocycles. The summed E-state index contributed by atoms with van der Waals surface area (Å²) in [5.41, 5.74) is 3.81. The largest absolute Gasteiger partial charge is 0.497 e. The number of esters is 1. The minimum Gasteiger partial charge on any atom is -0.497 e. The lowest BCUT2D eigenvalue weighted by Gasteiger charge is -2.12. The lowest BCUT2D eigenvalue weighted by molar-refractivity contribution is -0.140. The van der Waals surface area contributed by atoms with E-state index in [0.29, 0.717) is 6.42 Å². The predicted octanol–water partition coefficient (Wildman–Crippen LogP) is 4.15. The van der Waals surface area contributed by atoms with Gasteiger partial charge in [0.05, 0.1) is 32.4 Å². The average Bonchev–Trinajstić information content (AvgIpc) is 2.78. The molecule has 134 valence electrons. The minimum absolute atomic E-state index is 0.139. The van der Waals surface area contributed by atoms with Gasteiger partial charge >= 0.3 is 5.97 Å². The Morgan fingerprint density at radius 3 is 2.62 bits per heavy atom. The van der Waals surface area contributed by atoms with Gasteiger partial charge in [-0.05, 0) is 29.8 Å². The summed E-state index contributed by atoms with van der Waals surface area (Å²) in [5, 5.41) is 0. The summed E-state index contributed by atoms with van der Waals surface area (Å²) in [4.78, 5) is 17.4. The molecule has 0 aromatic heterocycles. The molecule has 1 heterocycles. The van der Waals surface area contributed by atoms with Crippen LogP contribution in [0.5, 0.6) is 5.75 Å². The van der Waals surface area contributed by atoms with Crippen molar-refractivity contribution in [2.24, 2.45) is 4.99 Å². The van der Waals surface area contributed by atoms with Crippen LogP contribution >= 0.6 is 28.1 Å². The molecule has 0 saturated carbocycles. The smallest absolute Gasteiger partial charge is 0.308 e. The van der Waals surface area contributed by atoms with Crippen molar-refractivity contribution < 1.29 is 14.3 Å². The number of carbonyl (C=O) groups excluding carboxylic acids is 1. The maximum absolute atomic E-state index is 11.8. The van der Waals surface area contributed by atoms with E-state index in [0.717, 1.165) is 37.5 Å². The molecule has 0 aliphatic carbocycles. The quantitative estimate of drug-likeness (QED) is 0.538. The van der Waals surface area contributed by atoms with Crippen LogP contribution in [-0.4, -0.2) is 36.8 Å². The van der Waals surface area contributed by atoms with Gasteiger partial charge < -0.3 is 9.47 Å². The van der Waals surface area contributed by atoms with Crippen molar-refractivity contribution in [2.75, 3.05) is 14.2 Å². The molecule has 2 aromatic carbocycles. The molecule has 3 rings (SSSR count). The molecule has 0 fully saturated rings. The molecule has 0 unspecified atom stereocenters. The summed E-state index contributed by atoms with van der Waals surface area (Å²) in [6.07, 6.45) is 0.723. The molecule has 0 saturated heterocycles. The maximum atomic E-state index is 11.8. The summed E-state index contributed by atoms with van der Waals surface area (Å²) in [5.74, 6) is 0.436. The van der Waals surface area contributed by atoms with Crippen LogP contribution in [0.15, 0.2) is 51.9 Å². The Hall–Kier alpha value is -2.05. The number of halogens is 1. The summed E-state index contributed by atoms with van der Waals surface area (Å²) in [6.45, 7) is 0. The third-order valence-corrected chi connectivity index (χ3v) is 5.24. The van der Waals surface area contributed by atoms with E-state index in [2.05, 4.69) is 15.9 Å². The van der Waals surface area contributed by atoms with Gasteiger partial charge in [0.15, 0.2) is 0 Å². The van der Waals surface area contributed by atoms with Crippen molar-refractivity contribution in [3.8, 4) is 5.75 Å². The number of nitrogens with zero attached hydrogens (tertiary/aromatic N) is 1. The zero-order valence-corrected chi connectivity index (χ0v) is 16.9. The Morgan fingerprint density at radius 2 is 1.96 bits per heavy atom. The summed E-state index contributed by atoms with van der Waals surface area (Å²) < 4.78 is 11.2. The third kappa shape index (κ3) is 4.02. The van der Waals surface area contributed by atoms with Gasteiger partial charge in [-0.25, -0.2) is 0 Å². The van der Waals surface area contributed by atoms with E-state index in [-0.39, 0.29) is 12.4 Å². The second-order valence-corrected chi connectivity index (χ2v) is 7.39. The van der Waals surface area contributed by atoms with Crippen molar-refractivity contribution in [3.63, 3.8) is 0 Å². The van der Waals surface area contributed by atoms with E-state index < -0.39 is 6.04 Å². The monoisotopic (exact) mass is 431 g/mol. The van der Waals surface area contributed by atoms with Gasteiger partial charge in [0, 0.05) is 26.9 Å². The highest BCUT2D eigenvalue weighted by atomic mass is 79.9. The first kappa shape index (κ1) is 18.7. The Kier molecular flexibility index (Phi) is 5.84. The molecule has 0 amide bonds. The van der Waals surface area contributed by atoms with Crippen LogP contribution < -0.4 is 4.74 Å². The molecule has 6 heteroatoms. The molecular weight excluding hydrogens is 414 g/mol. The molecular formula is C20H18BrNO3S. The van der Waals surface area contributed by atoms with Gasteiger partial charge in [-0.1, -0.05) is 46.3 Å². The zero-order chi connectivity index (χ0) is 18.7. The number of benzene rings is 2. The fourth-order valence-electron chi connectivity index (χ4n) is 2.90. The highest BCUT2D eigenvalue weighted by Crippen LogP contribution is 2.27. The van der Waals surface area contributed by atoms with Crippen molar-refractivity contribution in [1.29, 1.82) is 0 Å². The SMILES string of the molecule is COC(=O)C[C@@H]1N=C(c2ccc(Br)cc2)c2cc(OC)ccc2CC1=S. The number of carbonyl (C=O) groups is 1. The summed E-state index contributed by atoms with van der Waals surface area (Å²) in [7, 11) is 3.01. The molecule has 26 heavy (non-hydrogen) atoms. The van der Waals surface area contributed by atoms with Crippen LogP contribution in [-0.2, 0) is 16.0 Å². The molecule has 0 spiro atoms. The molecule has 1 atom stereocenters. The lowest BCUT2D eigenvalue weighted by atomic mass is 9.95. The first-order chi connectivity index (χ1) is 12.5. The van der Waals surface area contributed by atoms with Crippen LogP contribution in [0.4, 0.5) is 0 Å². The number of ether oxygens (including phenoxy) is 2. The maximum Gasteiger partial charge on any atom is 0.308 e. The van der Waals surface area contributed by atoms with Crippen LogP contribution in [0.2, 0.25) is 0 Å². The number of hydrogen-bond donors (Lipinski definition) is 0. The summed E-state index contributed by atoms with van der Waals surface area (Å²) >= 11 is 9.05. The van der Waals surface area contributed by atoms with E-state index in [9.17, 15) is 4.79 Å². The number of methoxy groups -OCH3 is 2. The lowest BCUT2D eigenvalue weighted by Crippen LogP contribution is -2.23. The normalized spacial score (nSPS) is 16.3. The van der Waals surface area contributed by atoms with E-state index in [4.69, 9.17) is 26.7 Å². The summed E-state index contributed by atoms with van der Waals surface area (Å²) in [6, 6.07) is 13.4. The van der Waals surface area contributed by atoms with E-state index >= 15 is 0 Å². The standard InChI is InChI=1S/C20H18BrNO3S/c1-24-15-8-5-13-9-18(26)17(11-19(23)25-2)22-20(16(13)10-15)12-3-6-14(21)7-4-12/h3-8,10,17H,9,11H2,1-2H3/t17-/m0/s1. The molecule has 1 aliphatic rings. The van der Waals surface area contributed by atoms with Crippen LogP contribution in [0.25, 0.3) is 0 Å². The number of hydrogen-bond acceptors (Lipinski definition) is 5. The van der Waals surface area contributed by atoms with Crippen molar-refractivity contribution in [1.82, 2.24) is 0 Å². The van der Waals surface area contributed by atoms with Crippen molar-refractivity contribution >= 4 is 44.7 Å². The van der Waals surface area contributed by atoms with E-state index in [1.165, 1.54) is 7.11 Å². The fraction of sp³-hybridized carbons (Fsp3) is 0.250. The Morgan fingerprint density at radius 1 is 1.23 bits per heavy atom. The molecule has 2 aromatic rings. The average molecular weight is 432 g/mol. The van der Waals surface area contributed by atoms with Crippen LogP contribution in [0.3, 0.4) is 0 Å². The van der Waals surface area contributed by atoms with Crippen molar-refractivity contribution in [3.05, 3.63) is 63.6 Å². The van der Waals surface area contributed by atoms with Gasteiger partial charge in [-0.15, -0.1) is 0 Å². The highest BCUT2D eigenvalue weighted by molar-refractivity contribution is 9.10. The topological polar surface area (TPSA) is 47.9 Å². The minimum atomic E-state index is -0.394. The number of fused-ring (bicyclic) bond motifs is 1. The fourth-order valence-corrected chi connectivity index (χ4v) is 3.45. The Balaban J connectivity index is 2.15. The van der Waals surface area contributed by atoms with Crippen LogP contribution in [0, 0.1) is 0 Å². The molecule has 4 nitrogen and oxygen atoms in total. The highest BCUT2D eigenvalue weighted by Gasteiger charge is 2.26. The zero-order valence-electron chi connectivity index (χ0n) is 14.5. The first-order valence-electron chi connectivity index (χ1n) is 8.12. The molecule has 0 bridgehead atoms. The number of rotatable bonds is 4. The molecule has 0 radical (unpaired) electrons. The van der Waals surface area contributed by atoms with Gasteiger partial charge in [0.25, 0.3) is 0 Å². The second kappa shape index (κ2) is 8.10. The Bertz CT molecular complexity index is 877. The third-order valence-electron chi connectivity index (χ3n) is 4.30. The first-order valence-corrected chi connectivity index (χ1v) is 9.32. The molecule has 0 N–H and O–H groups in total. The number of aliphatic imine (C=N–C) groups is 1. The van der Waals surface area contributed by atoms with E-state index in [1.54, 1.807) is 7.11 Å². The van der Waals surface area contributed by atoms with Gasteiger partial charge in [-0.3, -0.25) is 9.79 Å². The second-order valence-electron chi connectivity index (χ2n) is 5.95. The number of thiocarbonyl (C=S) groups is 1. The van der Waals surface area contributed by atoms with Gasteiger partial charge in [-0.2, -0.15) is 0 Å². The van der Waals surface area contributed by atoms with Gasteiger partial charge in [0.2, 0.25) is 0 Å². The Labute approximate surface area is 166 Å². The van der Waals surface area contributed by atoms with E-state index in [1.807, 2.05) is 42.5 Å².